The monoisotopic (exact) mass is 373 g/mol. The van der Waals surface area contributed by atoms with E-state index in [4.69, 9.17) is 9.15 Å². The van der Waals surface area contributed by atoms with Gasteiger partial charge in [0.05, 0.1) is 18.4 Å². The van der Waals surface area contributed by atoms with Crippen LogP contribution in [-0.4, -0.2) is 17.5 Å². The summed E-state index contributed by atoms with van der Waals surface area (Å²) in [7, 11) is 1.61. The summed E-state index contributed by atoms with van der Waals surface area (Å²) >= 11 is 0. The Balaban J connectivity index is 2.01. The van der Waals surface area contributed by atoms with Crippen LogP contribution in [0, 0.1) is 6.92 Å². The third-order valence-electron chi connectivity index (χ3n) is 4.87. The van der Waals surface area contributed by atoms with Gasteiger partial charge in [-0.3, -0.25) is 4.79 Å². The Labute approximate surface area is 161 Å². The molecule has 4 aromatic rings. The van der Waals surface area contributed by atoms with E-state index in [-0.39, 0.29) is 5.78 Å². The molecule has 140 valence electrons. The van der Waals surface area contributed by atoms with E-state index >= 15 is 0 Å². The molecule has 2 aromatic carbocycles. The lowest BCUT2D eigenvalue weighted by atomic mass is 10.1. The van der Waals surface area contributed by atoms with Gasteiger partial charge < -0.3 is 13.7 Å². The summed E-state index contributed by atoms with van der Waals surface area (Å²) in [5.74, 6) is 0.670. The van der Waals surface area contributed by atoms with Crippen LogP contribution in [0.25, 0.3) is 27.9 Å². The van der Waals surface area contributed by atoms with E-state index in [9.17, 15) is 9.59 Å². The average molecular weight is 373 g/mol. The van der Waals surface area contributed by atoms with E-state index in [1.54, 1.807) is 25.3 Å². The molecule has 0 spiro atoms. The number of carbonyl (C=O) groups excluding carboxylic acids is 1. The molecule has 0 aliphatic carbocycles. The molecule has 0 N–H and O–H groups in total. The molecule has 28 heavy (non-hydrogen) atoms. The van der Waals surface area contributed by atoms with Crippen molar-refractivity contribution in [3.05, 3.63) is 82.3 Å². The minimum atomic E-state index is -0.443. The van der Waals surface area contributed by atoms with Crippen molar-refractivity contribution in [1.29, 1.82) is 0 Å². The van der Waals surface area contributed by atoms with E-state index in [0.717, 1.165) is 22.5 Å². The zero-order chi connectivity index (χ0) is 19.8. The highest BCUT2D eigenvalue weighted by Crippen LogP contribution is 2.30. The molecular formula is C23H19NO4. The van der Waals surface area contributed by atoms with Crippen LogP contribution >= 0.6 is 0 Å². The Morgan fingerprint density at radius 3 is 2.43 bits per heavy atom. The van der Waals surface area contributed by atoms with Gasteiger partial charge >= 0.3 is 5.63 Å². The first kappa shape index (κ1) is 17.8. The summed E-state index contributed by atoms with van der Waals surface area (Å²) in [4.78, 5) is 24.9. The number of nitrogens with zero attached hydrogens (tertiary/aromatic N) is 1. The molecule has 4 rings (SSSR count). The topological polar surface area (TPSA) is 61.4 Å². The number of hydrogen-bond acceptors (Lipinski definition) is 4. The number of benzene rings is 2. The standard InChI is InChI=1S/C23H19NO4/c1-14-19(15(2)25)13-21(24(14)17-8-10-18(27-3)11-9-17)20-12-16-6-4-5-7-22(16)28-23(20)26/h4-13H,1-3H3. The van der Waals surface area contributed by atoms with Gasteiger partial charge in [-0.25, -0.2) is 4.79 Å². The minimum Gasteiger partial charge on any atom is -0.497 e. The molecule has 0 bridgehead atoms. The molecular weight excluding hydrogens is 354 g/mol. The zero-order valence-corrected chi connectivity index (χ0v) is 15.9. The maximum absolute atomic E-state index is 12.7. The Morgan fingerprint density at radius 2 is 1.75 bits per heavy atom. The number of para-hydroxylation sites is 1. The molecule has 0 amide bonds. The van der Waals surface area contributed by atoms with Gasteiger partial charge in [0.2, 0.25) is 0 Å². The fourth-order valence-electron chi connectivity index (χ4n) is 3.47. The number of fused-ring (bicyclic) bond motifs is 1. The van der Waals surface area contributed by atoms with Crippen molar-refractivity contribution in [3.8, 4) is 22.7 Å². The largest absolute Gasteiger partial charge is 0.497 e. The van der Waals surface area contributed by atoms with Gasteiger partial charge in [-0.05, 0) is 56.3 Å². The predicted octanol–water partition coefficient (Wildman–Crippen LogP) is 4.77. The van der Waals surface area contributed by atoms with Crippen molar-refractivity contribution in [2.45, 2.75) is 13.8 Å². The Kier molecular flexibility index (Phi) is 4.35. The van der Waals surface area contributed by atoms with E-state index in [1.807, 2.05) is 54.0 Å². The first-order valence-corrected chi connectivity index (χ1v) is 8.90. The van der Waals surface area contributed by atoms with Gasteiger partial charge in [0.1, 0.15) is 11.3 Å². The molecule has 0 fully saturated rings. The van der Waals surface area contributed by atoms with Crippen molar-refractivity contribution in [2.75, 3.05) is 7.11 Å². The van der Waals surface area contributed by atoms with E-state index in [0.29, 0.717) is 22.4 Å². The predicted molar refractivity (Wildman–Crippen MR) is 109 cm³/mol. The second-order valence-corrected chi connectivity index (χ2v) is 6.60. The molecule has 0 unspecified atom stereocenters. The molecule has 2 aromatic heterocycles. The van der Waals surface area contributed by atoms with Crippen molar-refractivity contribution in [3.63, 3.8) is 0 Å². The number of carbonyl (C=O) groups is 1. The van der Waals surface area contributed by atoms with Crippen LogP contribution in [0.2, 0.25) is 0 Å². The quantitative estimate of drug-likeness (QED) is 0.382. The molecule has 0 aliphatic rings. The summed E-state index contributed by atoms with van der Waals surface area (Å²) in [6.45, 7) is 3.39. The number of Topliss-reactive ketones (excluding diaryl/α,β-unsaturated/α-hetero) is 1. The van der Waals surface area contributed by atoms with E-state index < -0.39 is 5.63 Å². The number of rotatable bonds is 4. The van der Waals surface area contributed by atoms with Crippen molar-refractivity contribution in [1.82, 2.24) is 4.57 Å². The van der Waals surface area contributed by atoms with Crippen molar-refractivity contribution >= 4 is 16.8 Å². The first-order chi connectivity index (χ1) is 13.5. The molecule has 0 aliphatic heterocycles. The molecule has 0 radical (unpaired) electrons. The second kappa shape index (κ2) is 6.85. The lowest BCUT2D eigenvalue weighted by molar-refractivity contribution is 0.101. The first-order valence-electron chi connectivity index (χ1n) is 8.90. The summed E-state index contributed by atoms with van der Waals surface area (Å²) < 4.78 is 12.6. The summed E-state index contributed by atoms with van der Waals surface area (Å²) in [6.07, 6.45) is 0. The van der Waals surface area contributed by atoms with Gasteiger partial charge in [0.15, 0.2) is 5.78 Å². The van der Waals surface area contributed by atoms with Gasteiger partial charge in [-0.2, -0.15) is 0 Å². The van der Waals surface area contributed by atoms with Crippen LogP contribution in [0.1, 0.15) is 23.0 Å². The molecule has 2 heterocycles. The van der Waals surface area contributed by atoms with Crippen LogP contribution in [0.15, 0.2) is 69.9 Å². The highest BCUT2D eigenvalue weighted by atomic mass is 16.5. The number of hydrogen-bond donors (Lipinski definition) is 0. The van der Waals surface area contributed by atoms with Gasteiger partial charge in [-0.15, -0.1) is 0 Å². The Morgan fingerprint density at radius 1 is 1.04 bits per heavy atom. The van der Waals surface area contributed by atoms with Crippen LogP contribution in [0.3, 0.4) is 0 Å². The maximum Gasteiger partial charge on any atom is 0.345 e. The highest BCUT2D eigenvalue weighted by molar-refractivity contribution is 5.97. The van der Waals surface area contributed by atoms with Gasteiger partial charge in [-0.1, -0.05) is 18.2 Å². The Bertz CT molecular complexity index is 1250. The molecule has 0 saturated carbocycles. The highest BCUT2D eigenvalue weighted by Gasteiger charge is 2.20. The number of ketones is 1. The fourth-order valence-corrected chi connectivity index (χ4v) is 3.47. The fraction of sp³-hybridized carbons (Fsp3) is 0.130. The summed E-state index contributed by atoms with van der Waals surface area (Å²) in [5, 5.41) is 0.821. The molecule has 0 atom stereocenters. The minimum absolute atomic E-state index is 0.0591. The van der Waals surface area contributed by atoms with Crippen LogP contribution < -0.4 is 10.4 Å². The maximum atomic E-state index is 12.7. The smallest absolute Gasteiger partial charge is 0.345 e. The normalized spacial score (nSPS) is 11.0. The van der Waals surface area contributed by atoms with Crippen LogP contribution in [0.4, 0.5) is 0 Å². The number of methoxy groups -OCH3 is 1. The van der Waals surface area contributed by atoms with Crippen LogP contribution in [-0.2, 0) is 0 Å². The second-order valence-electron chi connectivity index (χ2n) is 6.60. The van der Waals surface area contributed by atoms with Crippen molar-refractivity contribution < 1.29 is 13.9 Å². The zero-order valence-electron chi connectivity index (χ0n) is 15.9. The lowest BCUT2D eigenvalue weighted by Crippen LogP contribution is -2.07. The van der Waals surface area contributed by atoms with E-state index in [2.05, 4.69) is 0 Å². The van der Waals surface area contributed by atoms with Gasteiger partial charge in [0.25, 0.3) is 0 Å². The third-order valence-corrected chi connectivity index (χ3v) is 4.87. The molecule has 5 nitrogen and oxygen atoms in total. The molecule has 0 saturated heterocycles. The third kappa shape index (κ3) is 2.91. The average Bonchev–Trinajstić information content (AvgIpc) is 3.04. The summed E-state index contributed by atoms with van der Waals surface area (Å²) in [5.41, 5.74) is 3.27. The van der Waals surface area contributed by atoms with Crippen LogP contribution in [0.5, 0.6) is 5.75 Å². The van der Waals surface area contributed by atoms with Gasteiger partial charge in [0, 0.05) is 22.3 Å². The van der Waals surface area contributed by atoms with Crippen molar-refractivity contribution in [2.24, 2.45) is 0 Å². The summed E-state index contributed by atoms with van der Waals surface area (Å²) in [6, 6.07) is 18.4. The van der Waals surface area contributed by atoms with E-state index in [1.165, 1.54) is 6.92 Å². The number of ether oxygens (including phenoxy) is 1. The Hall–Kier alpha value is -3.60. The number of aromatic nitrogens is 1. The lowest BCUT2D eigenvalue weighted by Gasteiger charge is -2.12. The molecule has 5 heteroatoms. The SMILES string of the molecule is COc1ccc(-n2c(-c3cc4ccccc4oc3=O)cc(C(C)=O)c2C)cc1.